The van der Waals surface area contributed by atoms with Crippen LogP contribution in [0, 0.1) is 17.2 Å². The Kier molecular flexibility index (Phi) is 5.01. The summed E-state index contributed by atoms with van der Waals surface area (Å²) in [6.07, 6.45) is 0.348. The zero-order chi connectivity index (χ0) is 18.1. The highest BCUT2D eigenvalue weighted by Gasteiger charge is 2.48. The smallest absolute Gasteiger partial charge is 0.311 e. The maximum absolute atomic E-state index is 14.3. The number of ether oxygens (including phenoxy) is 2. The number of aliphatic carboxylic acids is 1. The summed E-state index contributed by atoms with van der Waals surface area (Å²) in [7, 11) is 2.77. The third-order valence-corrected chi connectivity index (χ3v) is 4.82. The van der Waals surface area contributed by atoms with E-state index in [0.717, 1.165) is 6.07 Å². The van der Waals surface area contributed by atoms with Gasteiger partial charge in [0.25, 0.3) is 5.91 Å². The van der Waals surface area contributed by atoms with Crippen LogP contribution in [0.4, 0.5) is 4.39 Å². The molecule has 0 aromatic heterocycles. The summed E-state index contributed by atoms with van der Waals surface area (Å²) in [5, 5.41) is 9.56. The van der Waals surface area contributed by atoms with Gasteiger partial charge in [0.1, 0.15) is 5.82 Å². The van der Waals surface area contributed by atoms with Crippen LogP contribution < -0.4 is 9.47 Å². The summed E-state index contributed by atoms with van der Waals surface area (Å²) in [6.45, 7) is 3.97. The van der Waals surface area contributed by atoms with Gasteiger partial charge in [-0.05, 0) is 18.4 Å². The van der Waals surface area contributed by atoms with E-state index < -0.39 is 23.1 Å². The van der Waals surface area contributed by atoms with E-state index in [1.807, 2.05) is 13.8 Å². The highest BCUT2D eigenvalue weighted by Crippen LogP contribution is 2.39. The maximum atomic E-state index is 14.3. The van der Waals surface area contributed by atoms with E-state index in [9.17, 15) is 19.1 Å². The number of likely N-dealkylation sites (tertiary alicyclic amines) is 1. The molecule has 1 amide bonds. The summed E-state index contributed by atoms with van der Waals surface area (Å²) in [5.74, 6) is -1.90. The Hall–Kier alpha value is -2.31. The normalized spacial score (nSPS) is 20.3. The first-order valence-electron chi connectivity index (χ1n) is 7.71. The topological polar surface area (TPSA) is 76.1 Å². The van der Waals surface area contributed by atoms with Crippen molar-refractivity contribution in [3.63, 3.8) is 0 Å². The molecule has 1 saturated heterocycles. The van der Waals surface area contributed by atoms with Gasteiger partial charge in [0.15, 0.2) is 11.5 Å². The second-order valence-electron chi connectivity index (χ2n) is 6.28. The van der Waals surface area contributed by atoms with Crippen LogP contribution in [0.1, 0.15) is 30.6 Å². The van der Waals surface area contributed by atoms with Crippen LogP contribution in [0.5, 0.6) is 11.5 Å². The van der Waals surface area contributed by atoms with Crippen molar-refractivity contribution < 1.29 is 28.6 Å². The second kappa shape index (κ2) is 6.67. The van der Waals surface area contributed by atoms with E-state index in [0.29, 0.717) is 6.42 Å². The van der Waals surface area contributed by atoms with Crippen molar-refractivity contribution in [3.05, 3.63) is 23.5 Å². The van der Waals surface area contributed by atoms with Gasteiger partial charge in [0.2, 0.25) is 0 Å². The Morgan fingerprint density at radius 2 is 1.83 bits per heavy atom. The molecule has 0 spiro atoms. The molecule has 24 heavy (non-hydrogen) atoms. The zero-order valence-corrected chi connectivity index (χ0v) is 14.3. The molecule has 1 atom stereocenters. The molecule has 1 N–H and O–H groups in total. The molecule has 1 aromatic rings. The van der Waals surface area contributed by atoms with Crippen molar-refractivity contribution in [1.29, 1.82) is 0 Å². The molecule has 0 bridgehead atoms. The summed E-state index contributed by atoms with van der Waals surface area (Å²) in [5.41, 5.74) is -1.15. The van der Waals surface area contributed by atoms with Crippen LogP contribution in [0.3, 0.4) is 0 Å². The number of carboxylic acid groups (broad SMARTS) is 1. The highest BCUT2D eigenvalue weighted by molar-refractivity contribution is 5.96. The van der Waals surface area contributed by atoms with E-state index in [-0.39, 0.29) is 36.1 Å². The minimum Gasteiger partial charge on any atom is -0.493 e. The predicted octanol–water partition coefficient (Wildman–Crippen LogP) is 2.42. The van der Waals surface area contributed by atoms with Crippen molar-refractivity contribution >= 4 is 11.9 Å². The lowest BCUT2D eigenvalue weighted by Crippen LogP contribution is -2.40. The fourth-order valence-corrected chi connectivity index (χ4v) is 3.09. The van der Waals surface area contributed by atoms with E-state index >= 15 is 0 Å². The standard InChI is InChI=1S/C17H22FNO5/c1-10(2)17(16(21)22)5-6-19(9-17)15(20)11-7-13(23-3)14(24-4)8-12(11)18/h7-8,10H,5-6,9H2,1-4H3,(H,21,22). The van der Waals surface area contributed by atoms with Crippen molar-refractivity contribution in [3.8, 4) is 11.5 Å². The number of hydrogen-bond acceptors (Lipinski definition) is 4. The number of halogens is 1. The van der Waals surface area contributed by atoms with Crippen LogP contribution in [-0.4, -0.2) is 49.2 Å². The van der Waals surface area contributed by atoms with Crippen LogP contribution in [0.25, 0.3) is 0 Å². The van der Waals surface area contributed by atoms with Gasteiger partial charge in [-0.25, -0.2) is 4.39 Å². The quantitative estimate of drug-likeness (QED) is 0.891. The van der Waals surface area contributed by atoms with Crippen molar-refractivity contribution in [2.24, 2.45) is 11.3 Å². The number of hydrogen-bond donors (Lipinski definition) is 1. The van der Waals surface area contributed by atoms with Gasteiger partial charge in [-0.15, -0.1) is 0 Å². The SMILES string of the molecule is COc1cc(F)c(C(=O)N2CCC(C(=O)O)(C(C)C)C2)cc1OC. The number of methoxy groups -OCH3 is 2. The zero-order valence-electron chi connectivity index (χ0n) is 14.3. The van der Waals surface area contributed by atoms with E-state index in [2.05, 4.69) is 0 Å². The molecule has 0 saturated carbocycles. The van der Waals surface area contributed by atoms with E-state index in [1.165, 1.54) is 25.2 Å². The lowest BCUT2D eigenvalue weighted by Gasteiger charge is -2.28. The number of benzene rings is 1. The number of rotatable bonds is 5. The molecule has 7 heteroatoms. The van der Waals surface area contributed by atoms with E-state index in [4.69, 9.17) is 9.47 Å². The Labute approximate surface area is 140 Å². The maximum Gasteiger partial charge on any atom is 0.311 e. The number of nitrogens with zero attached hydrogens (tertiary/aromatic N) is 1. The van der Waals surface area contributed by atoms with Crippen molar-refractivity contribution in [1.82, 2.24) is 4.90 Å². The second-order valence-corrected chi connectivity index (χ2v) is 6.28. The van der Waals surface area contributed by atoms with Gasteiger partial charge in [0, 0.05) is 19.2 Å². The molecule has 1 aromatic carbocycles. The summed E-state index contributed by atoms with van der Waals surface area (Å²) in [6, 6.07) is 2.38. The average molecular weight is 339 g/mol. The molecule has 6 nitrogen and oxygen atoms in total. The first-order chi connectivity index (χ1) is 11.3. The number of carbonyl (C=O) groups excluding carboxylic acids is 1. The number of carbonyl (C=O) groups is 2. The average Bonchev–Trinajstić information content (AvgIpc) is 3.00. The van der Waals surface area contributed by atoms with Crippen LogP contribution in [-0.2, 0) is 4.79 Å². The Balaban J connectivity index is 2.32. The summed E-state index contributed by atoms with van der Waals surface area (Å²) in [4.78, 5) is 25.7. The molecule has 0 radical (unpaired) electrons. The lowest BCUT2D eigenvalue weighted by molar-refractivity contribution is -0.150. The molecule has 1 heterocycles. The number of amides is 1. The van der Waals surface area contributed by atoms with Gasteiger partial charge < -0.3 is 19.5 Å². The largest absolute Gasteiger partial charge is 0.493 e. The first-order valence-corrected chi connectivity index (χ1v) is 7.71. The Morgan fingerprint density at radius 1 is 1.25 bits per heavy atom. The van der Waals surface area contributed by atoms with Gasteiger partial charge in [-0.3, -0.25) is 9.59 Å². The third-order valence-electron chi connectivity index (χ3n) is 4.82. The molecule has 2 rings (SSSR count). The minimum atomic E-state index is -0.997. The highest BCUT2D eigenvalue weighted by atomic mass is 19.1. The Bertz CT molecular complexity index is 661. The molecule has 0 aliphatic carbocycles. The molecular formula is C17H22FNO5. The summed E-state index contributed by atoms with van der Waals surface area (Å²) < 4.78 is 24.4. The minimum absolute atomic E-state index is 0.0621. The monoisotopic (exact) mass is 339 g/mol. The van der Waals surface area contributed by atoms with Crippen LogP contribution in [0.2, 0.25) is 0 Å². The van der Waals surface area contributed by atoms with Gasteiger partial charge in [0.05, 0.1) is 25.2 Å². The molecule has 132 valence electrons. The Morgan fingerprint density at radius 3 is 2.29 bits per heavy atom. The molecule has 1 fully saturated rings. The third kappa shape index (κ3) is 2.90. The van der Waals surface area contributed by atoms with Gasteiger partial charge in [-0.1, -0.05) is 13.8 Å². The van der Waals surface area contributed by atoms with Crippen LogP contribution >= 0.6 is 0 Å². The number of carboxylic acids is 1. The molecule has 1 unspecified atom stereocenters. The van der Waals surface area contributed by atoms with Gasteiger partial charge >= 0.3 is 5.97 Å². The van der Waals surface area contributed by atoms with Crippen LogP contribution in [0.15, 0.2) is 12.1 Å². The fraction of sp³-hybridized carbons (Fsp3) is 0.529. The predicted molar refractivity (Wildman–Crippen MR) is 84.9 cm³/mol. The fourth-order valence-electron chi connectivity index (χ4n) is 3.09. The molecule has 1 aliphatic heterocycles. The van der Waals surface area contributed by atoms with Gasteiger partial charge in [-0.2, -0.15) is 0 Å². The molecule has 1 aliphatic rings. The van der Waals surface area contributed by atoms with Crippen molar-refractivity contribution in [2.75, 3.05) is 27.3 Å². The molecular weight excluding hydrogens is 317 g/mol. The lowest BCUT2D eigenvalue weighted by atomic mass is 9.76. The summed E-state index contributed by atoms with van der Waals surface area (Å²) >= 11 is 0. The van der Waals surface area contributed by atoms with E-state index in [1.54, 1.807) is 0 Å². The first kappa shape index (κ1) is 18.0. The van der Waals surface area contributed by atoms with Crippen molar-refractivity contribution in [2.45, 2.75) is 20.3 Å².